The van der Waals surface area contributed by atoms with Crippen molar-refractivity contribution in [1.82, 2.24) is 10.6 Å². The molecule has 0 saturated heterocycles. The molecule has 1 aliphatic carbocycles. The molecule has 0 radical (unpaired) electrons. The fourth-order valence-corrected chi connectivity index (χ4v) is 5.05. The van der Waals surface area contributed by atoms with Gasteiger partial charge in [-0.05, 0) is 38.2 Å². The summed E-state index contributed by atoms with van der Waals surface area (Å²) in [5.74, 6) is -1.96. The molecule has 2 bridgehead atoms. The Bertz CT molecular complexity index is 1190. The van der Waals surface area contributed by atoms with E-state index in [0.717, 1.165) is 6.08 Å². The maximum atomic E-state index is 13.5. The number of aliphatic hydroxyl groups excluding tert-OH is 1. The highest BCUT2D eigenvalue weighted by Crippen LogP contribution is 2.28. The van der Waals surface area contributed by atoms with E-state index >= 15 is 0 Å². The molecule has 5 N–H and O–H groups in total. The number of ketones is 2. The second kappa shape index (κ2) is 16.4. The van der Waals surface area contributed by atoms with Gasteiger partial charge in [-0.25, -0.2) is 4.79 Å². The second-order valence-electron chi connectivity index (χ2n) is 10.5. The van der Waals surface area contributed by atoms with Gasteiger partial charge in [0.2, 0.25) is 11.6 Å². The smallest absolute Gasteiger partial charge is 0.405 e. The molecule has 232 valence electrons. The molecule has 0 fully saturated rings. The summed E-state index contributed by atoms with van der Waals surface area (Å²) in [7, 11) is 2.91. The number of rotatable bonds is 6. The zero-order chi connectivity index (χ0) is 31.6. The topological polar surface area (TPSA) is 166 Å². The number of allylic oxidation sites excluding steroid dienone is 4. The lowest BCUT2D eigenvalue weighted by atomic mass is 9.85. The van der Waals surface area contributed by atoms with E-state index in [9.17, 15) is 24.3 Å². The van der Waals surface area contributed by atoms with Crippen molar-refractivity contribution in [3.63, 3.8) is 0 Å². The van der Waals surface area contributed by atoms with Gasteiger partial charge >= 0.3 is 6.09 Å². The summed E-state index contributed by atoms with van der Waals surface area (Å²) in [6.07, 6.45) is 3.71. The summed E-state index contributed by atoms with van der Waals surface area (Å²) in [5.41, 5.74) is 6.38. The van der Waals surface area contributed by atoms with Crippen molar-refractivity contribution in [2.24, 2.45) is 17.6 Å². The molecule has 2 amide bonds. The third-order valence-electron chi connectivity index (χ3n) is 7.19. The van der Waals surface area contributed by atoms with E-state index in [1.165, 1.54) is 20.3 Å². The number of Topliss-reactive ketones (excluding diaryl/α,β-unsaturated/α-hetero) is 1. The number of primary amides is 1. The van der Waals surface area contributed by atoms with Gasteiger partial charge < -0.3 is 35.7 Å². The van der Waals surface area contributed by atoms with Crippen LogP contribution in [0.5, 0.6) is 0 Å². The molecule has 0 saturated carbocycles. The van der Waals surface area contributed by atoms with Gasteiger partial charge in [0.1, 0.15) is 6.10 Å². The number of ether oxygens (including phenoxy) is 3. The van der Waals surface area contributed by atoms with Crippen LogP contribution in [-0.4, -0.2) is 79.7 Å². The summed E-state index contributed by atoms with van der Waals surface area (Å²) >= 11 is 5.82. The van der Waals surface area contributed by atoms with Crippen LogP contribution in [-0.2, 0) is 28.6 Å². The van der Waals surface area contributed by atoms with Gasteiger partial charge in [0.15, 0.2) is 6.10 Å². The molecule has 1 heterocycles. The highest BCUT2D eigenvalue weighted by Gasteiger charge is 2.33. The lowest BCUT2D eigenvalue weighted by molar-refractivity contribution is -0.120. The molecule has 11 nitrogen and oxygen atoms in total. The molecule has 0 unspecified atom stereocenters. The Hall–Kier alpha value is -3.25. The Morgan fingerprint density at radius 1 is 1.19 bits per heavy atom. The molecule has 42 heavy (non-hydrogen) atoms. The van der Waals surface area contributed by atoms with E-state index in [0.29, 0.717) is 12.0 Å². The van der Waals surface area contributed by atoms with Crippen LogP contribution in [0.2, 0.25) is 0 Å². The maximum Gasteiger partial charge on any atom is 0.405 e. The molecule has 0 aromatic rings. The molecule has 2 aliphatic rings. The number of aliphatic hydroxyl groups is 1. The van der Waals surface area contributed by atoms with Crippen LogP contribution in [0.1, 0.15) is 40.5 Å². The monoisotopic (exact) mass is 607 g/mol. The van der Waals surface area contributed by atoms with Gasteiger partial charge in [-0.1, -0.05) is 38.2 Å². The van der Waals surface area contributed by atoms with Crippen LogP contribution in [0, 0.1) is 11.8 Å². The van der Waals surface area contributed by atoms with E-state index in [1.54, 1.807) is 39.0 Å². The van der Waals surface area contributed by atoms with Gasteiger partial charge in [0.05, 0.1) is 23.6 Å². The lowest BCUT2D eigenvalue weighted by Gasteiger charge is -2.30. The van der Waals surface area contributed by atoms with Crippen LogP contribution >= 0.6 is 11.6 Å². The first-order chi connectivity index (χ1) is 19.8. The molecule has 0 aromatic heterocycles. The summed E-state index contributed by atoms with van der Waals surface area (Å²) in [6, 6.07) is 0. The standard InChI is InChI=1S/C30H42ClN3O8/c1-16-12-20-25(33-11-10-31)22(35)15-21(27(20)37)34-29(38)17(2)8-7-9-23(40-5)28(42-30(32)39)19(4)14-18(3)26(36)24(13-16)41-6/h7-9,14-16,18,23-24,26,28,33,36H,10-13H2,1-6H3,(H2,32,39)(H,34,38)/b9-7-,17-8+,19-14+/t16-,18+,23+,24+,26-,28+/m1/s1. The molecule has 6 atom stereocenters. The van der Waals surface area contributed by atoms with E-state index in [4.69, 9.17) is 31.5 Å². The predicted molar refractivity (Wildman–Crippen MR) is 158 cm³/mol. The van der Waals surface area contributed by atoms with E-state index in [2.05, 4.69) is 10.6 Å². The first kappa shape index (κ1) is 34.9. The number of fused-ring (bicyclic) bond motifs is 2. The first-order valence-electron chi connectivity index (χ1n) is 13.7. The number of halogens is 1. The van der Waals surface area contributed by atoms with Crippen molar-refractivity contribution < 1.29 is 38.5 Å². The summed E-state index contributed by atoms with van der Waals surface area (Å²) in [6.45, 7) is 7.22. The van der Waals surface area contributed by atoms with Crippen LogP contribution in [0.3, 0.4) is 0 Å². The molecular weight excluding hydrogens is 566 g/mol. The molecule has 0 spiro atoms. The number of hydrogen-bond donors (Lipinski definition) is 4. The number of nitrogens with one attached hydrogen (secondary N) is 2. The van der Waals surface area contributed by atoms with Crippen LogP contribution in [0.4, 0.5) is 4.79 Å². The number of alkyl halides is 1. The first-order valence-corrected chi connectivity index (χ1v) is 14.3. The second-order valence-corrected chi connectivity index (χ2v) is 10.9. The molecule has 1 aliphatic heterocycles. The van der Waals surface area contributed by atoms with Gasteiger partial charge in [0.25, 0.3) is 5.91 Å². The quantitative estimate of drug-likeness (QED) is 0.202. The minimum atomic E-state index is -1.00. The highest BCUT2D eigenvalue weighted by atomic mass is 35.5. The fourth-order valence-electron chi connectivity index (χ4n) is 4.95. The number of nitrogens with two attached hydrogens (primary N) is 1. The van der Waals surface area contributed by atoms with Crippen LogP contribution in [0.25, 0.3) is 0 Å². The van der Waals surface area contributed by atoms with Crippen molar-refractivity contribution >= 4 is 35.2 Å². The van der Waals surface area contributed by atoms with Crippen molar-refractivity contribution in [3.8, 4) is 0 Å². The molecular formula is C30H42ClN3O8. The van der Waals surface area contributed by atoms with Gasteiger partial charge in [-0.2, -0.15) is 0 Å². The Morgan fingerprint density at radius 2 is 1.88 bits per heavy atom. The average molecular weight is 608 g/mol. The summed E-state index contributed by atoms with van der Waals surface area (Å²) in [4.78, 5) is 51.3. The lowest BCUT2D eigenvalue weighted by Crippen LogP contribution is -2.38. The number of methoxy groups -OCH3 is 2. The van der Waals surface area contributed by atoms with Gasteiger partial charge in [0, 0.05) is 49.8 Å². The van der Waals surface area contributed by atoms with Crippen molar-refractivity contribution in [1.29, 1.82) is 0 Å². The predicted octanol–water partition coefficient (Wildman–Crippen LogP) is 2.59. The minimum Gasteiger partial charge on any atom is -0.439 e. The molecule has 2 rings (SSSR count). The van der Waals surface area contributed by atoms with Crippen LogP contribution in [0.15, 0.2) is 58.5 Å². The largest absolute Gasteiger partial charge is 0.439 e. The third kappa shape index (κ3) is 9.38. The number of hydrogen-bond acceptors (Lipinski definition) is 9. The maximum absolute atomic E-state index is 13.5. The highest BCUT2D eigenvalue weighted by molar-refractivity contribution is 6.23. The summed E-state index contributed by atoms with van der Waals surface area (Å²) in [5, 5.41) is 16.7. The zero-order valence-electron chi connectivity index (χ0n) is 24.9. The van der Waals surface area contributed by atoms with Crippen LogP contribution < -0.4 is 16.4 Å². The fraction of sp³-hybridized carbons (Fsp3) is 0.533. The Labute approximate surface area is 251 Å². The van der Waals surface area contributed by atoms with Gasteiger partial charge in [-0.15, -0.1) is 11.6 Å². The molecule has 12 heteroatoms. The Kier molecular flexibility index (Phi) is 13.6. The summed E-state index contributed by atoms with van der Waals surface area (Å²) < 4.78 is 16.5. The van der Waals surface area contributed by atoms with Gasteiger partial charge in [-0.3, -0.25) is 14.4 Å². The van der Waals surface area contributed by atoms with Crippen molar-refractivity contribution in [3.05, 3.63) is 58.5 Å². The normalized spacial score (nSPS) is 31.7. The van der Waals surface area contributed by atoms with E-state index < -0.39 is 53.9 Å². The third-order valence-corrected chi connectivity index (χ3v) is 7.38. The molecule has 0 aromatic carbocycles. The SMILES string of the molecule is CO[C@H]1/C=C\C=C(/C)C(=O)NC2=CC(=O)C(NCCCl)=C(C[C@@H](C)C[C@H](OC)[C@H](O)[C@@H](C)/C=C(\C)[C@@H]1OC(N)=O)C2=O. The zero-order valence-corrected chi connectivity index (χ0v) is 25.7. The number of carbonyl (C=O) groups is 4. The van der Waals surface area contributed by atoms with E-state index in [1.807, 2.05) is 6.92 Å². The van der Waals surface area contributed by atoms with Crippen molar-refractivity contribution in [2.75, 3.05) is 26.6 Å². The number of amides is 2. The Balaban J connectivity index is 2.61. The average Bonchev–Trinajstić information content (AvgIpc) is 2.94. The minimum absolute atomic E-state index is 0.138. The number of carbonyl (C=O) groups excluding carboxylic acids is 4. The van der Waals surface area contributed by atoms with Crippen molar-refractivity contribution in [2.45, 2.75) is 65.0 Å². The Morgan fingerprint density at radius 3 is 2.48 bits per heavy atom. The van der Waals surface area contributed by atoms with E-state index in [-0.39, 0.29) is 47.3 Å².